The number of amides is 2. The second-order valence-corrected chi connectivity index (χ2v) is 9.70. The predicted octanol–water partition coefficient (Wildman–Crippen LogP) is 1.99. The molecule has 186 valence electrons. The van der Waals surface area contributed by atoms with Gasteiger partial charge in [-0.3, -0.25) is 14.4 Å². The van der Waals surface area contributed by atoms with E-state index in [9.17, 15) is 19.2 Å². The van der Waals surface area contributed by atoms with E-state index >= 15 is 0 Å². The molecule has 1 aromatic carbocycles. The second kappa shape index (κ2) is 10.9. The van der Waals surface area contributed by atoms with Crippen LogP contribution in [0.1, 0.15) is 50.9 Å². The fraction of sp³-hybridized carbons (Fsp3) is 0.583. The van der Waals surface area contributed by atoms with Crippen molar-refractivity contribution in [1.82, 2.24) is 15.3 Å². The lowest BCUT2D eigenvalue weighted by Gasteiger charge is -2.29. The number of hydrogen-bond donors (Lipinski definition) is 2. The third kappa shape index (κ3) is 6.05. The maximum atomic E-state index is 13.5. The molecule has 2 aliphatic heterocycles. The Hall–Kier alpha value is -3.14. The van der Waals surface area contributed by atoms with Crippen molar-refractivity contribution in [3.05, 3.63) is 29.8 Å². The molecule has 3 rings (SSSR count). The van der Waals surface area contributed by atoms with E-state index in [4.69, 9.17) is 15.3 Å². The molecule has 0 bridgehead atoms. The average molecular weight is 475 g/mol. The first-order valence-electron chi connectivity index (χ1n) is 11.7. The maximum Gasteiger partial charge on any atom is 0.527 e. The summed E-state index contributed by atoms with van der Waals surface area (Å²) in [6.45, 7) is 8.16. The fourth-order valence-corrected chi connectivity index (χ4v) is 4.30. The van der Waals surface area contributed by atoms with Crippen LogP contribution >= 0.6 is 0 Å². The van der Waals surface area contributed by atoms with Crippen molar-refractivity contribution in [2.45, 2.75) is 58.7 Å². The van der Waals surface area contributed by atoms with Crippen LogP contribution in [0.15, 0.2) is 24.3 Å². The molecule has 3 unspecified atom stereocenters. The van der Waals surface area contributed by atoms with E-state index in [2.05, 4.69) is 5.32 Å². The molecule has 0 aromatic heterocycles. The molecule has 3 N–H and O–H groups in total. The molecule has 2 amide bonds. The highest BCUT2D eigenvalue weighted by molar-refractivity contribution is 5.99. The van der Waals surface area contributed by atoms with Crippen molar-refractivity contribution in [2.24, 2.45) is 11.8 Å². The summed E-state index contributed by atoms with van der Waals surface area (Å²) < 4.78 is 5.05. The Morgan fingerprint density at radius 2 is 1.79 bits per heavy atom. The van der Waals surface area contributed by atoms with Crippen molar-refractivity contribution < 1.29 is 28.8 Å². The van der Waals surface area contributed by atoms with Crippen molar-refractivity contribution in [3.63, 3.8) is 0 Å². The molecule has 34 heavy (non-hydrogen) atoms. The lowest BCUT2D eigenvalue weighted by molar-refractivity contribution is -0.142. The number of rotatable bonds is 8. The Labute approximate surface area is 199 Å². The summed E-state index contributed by atoms with van der Waals surface area (Å²) in [4.78, 5) is 57.8. The van der Waals surface area contributed by atoms with Gasteiger partial charge in [0.05, 0.1) is 19.2 Å². The molecule has 2 aliphatic rings. The van der Waals surface area contributed by atoms with E-state index in [1.54, 1.807) is 24.3 Å². The molecule has 2 fully saturated rings. The zero-order valence-electron chi connectivity index (χ0n) is 20.2. The summed E-state index contributed by atoms with van der Waals surface area (Å²) in [6, 6.07) is 4.49. The van der Waals surface area contributed by atoms with Crippen LogP contribution in [-0.4, -0.2) is 71.5 Å². The monoisotopic (exact) mass is 474 g/mol. The minimum absolute atomic E-state index is 0.109. The second-order valence-electron chi connectivity index (χ2n) is 9.70. The zero-order valence-corrected chi connectivity index (χ0v) is 20.2. The molecule has 0 radical (unpaired) electrons. The highest BCUT2D eigenvalue weighted by Crippen LogP contribution is 2.31. The van der Waals surface area contributed by atoms with Crippen LogP contribution < -0.4 is 11.1 Å². The first-order chi connectivity index (χ1) is 16.1. The number of nitrogens with zero attached hydrogens (tertiary/aromatic N) is 2. The van der Waals surface area contributed by atoms with E-state index in [1.165, 1.54) is 9.96 Å². The predicted molar refractivity (Wildman–Crippen MR) is 124 cm³/mol. The van der Waals surface area contributed by atoms with E-state index in [0.29, 0.717) is 30.6 Å². The number of carbonyl (C=O) groups excluding carboxylic acids is 4. The Balaban J connectivity index is 1.69. The molecular formula is C24H34N4O6. The van der Waals surface area contributed by atoms with Gasteiger partial charge in [-0.15, -0.1) is 5.06 Å². The van der Waals surface area contributed by atoms with Crippen LogP contribution in [-0.2, 0) is 19.2 Å². The molecule has 0 aliphatic carbocycles. The van der Waals surface area contributed by atoms with Gasteiger partial charge in [-0.25, -0.2) is 4.79 Å². The number of benzene rings is 1. The standard InChI is InChI=1S/C24H34N4O6/c1-14(2)11-18(26-22(30)16-5-7-17(25)8-6-16)23(31)27-10-9-19-21(27)20(29)12-28(19)34-24(32)33-13-15(3)4/h5-8,14-15,18-19,21H,9-13,25H2,1-4H3,(H,26,30). The van der Waals surface area contributed by atoms with Gasteiger partial charge in [0.2, 0.25) is 5.91 Å². The highest BCUT2D eigenvalue weighted by Gasteiger charge is 2.52. The third-order valence-electron chi connectivity index (χ3n) is 5.87. The number of nitrogens with two attached hydrogens (primary N) is 1. The van der Waals surface area contributed by atoms with Gasteiger partial charge >= 0.3 is 6.16 Å². The summed E-state index contributed by atoms with van der Waals surface area (Å²) in [7, 11) is 0. The molecular weight excluding hydrogens is 440 g/mol. The van der Waals surface area contributed by atoms with Gasteiger partial charge in [0, 0.05) is 17.8 Å². The van der Waals surface area contributed by atoms with E-state index in [-0.39, 0.29) is 42.6 Å². The van der Waals surface area contributed by atoms with Crippen LogP contribution in [0.4, 0.5) is 10.5 Å². The van der Waals surface area contributed by atoms with Gasteiger partial charge < -0.3 is 25.5 Å². The topological polar surface area (TPSA) is 131 Å². The fourth-order valence-electron chi connectivity index (χ4n) is 4.30. The van der Waals surface area contributed by atoms with Crippen LogP contribution in [0.2, 0.25) is 0 Å². The average Bonchev–Trinajstić information content (AvgIpc) is 3.33. The number of nitrogen functional groups attached to an aromatic ring is 1. The SMILES string of the molecule is CC(C)COC(=O)ON1CC(=O)C2C1CCN2C(=O)C(CC(C)C)NC(=O)c1ccc(N)cc1. The van der Waals surface area contributed by atoms with Crippen LogP contribution in [0.5, 0.6) is 0 Å². The summed E-state index contributed by atoms with van der Waals surface area (Å²) >= 11 is 0. The first-order valence-corrected chi connectivity index (χ1v) is 11.7. The van der Waals surface area contributed by atoms with Gasteiger partial charge in [-0.05, 0) is 48.9 Å². The Kier molecular flexibility index (Phi) is 8.14. The highest BCUT2D eigenvalue weighted by atomic mass is 16.8. The molecule has 3 atom stereocenters. The number of nitrogens with one attached hydrogen (secondary N) is 1. The summed E-state index contributed by atoms with van der Waals surface area (Å²) in [5.41, 5.74) is 6.62. The number of ketones is 1. The van der Waals surface area contributed by atoms with Gasteiger partial charge in [0.25, 0.3) is 5.91 Å². The number of fused-ring (bicyclic) bond motifs is 1. The van der Waals surface area contributed by atoms with E-state index in [1.807, 2.05) is 27.7 Å². The summed E-state index contributed by atoms with van der Waals surface area (Å²) in [5.74, 6) is -0.621. The van der Waals surface area contributed by atoms with Gasteiger partial charge in [0.1, 0.15) is 12.1 Å². The number of hydrogen-bond acceptors (Lipinski definition) is 8. The minimum Gasteiger partial charge on any atom is -0.433 e. The number of Topliss-reactive ketones (excluding diaryl/α,β-unsaturated/α-hetero) is 1. The molecule has 2 heterocycles. The van der Waals surface area contributed by atoms with Crippen LogP contribution in [0.3, 0.4) is 0 Å². The van der Waals surface area contributed by atoms with Crippen LogP contribution in [0, 0.1) is 11.8 Å². The number of likely N-dealkylation sites (tertiary alicyclic amines) is 1. The molecule has 1 aromatic rings. The Morgan fingerprint density at radius 1 is 1.12 bits per heavy atom. The Bertz CT molecular complexity index is 917. The quantitative estimate of drug-likeness (QED) is 0.432. The van der Waals surface area contributed by atoms with Crippen LogP contribution in [0.25, 0.3) is 0 Å². The van der Waals surface area contributed by atoms with Crippen molar-refractivity contribution >= 4 is 29.4 Å². The molecule has 0 spiro atoms. The molecule has 10 nitrogen and oxygen atoms in total. The molecule has 0 saturated carbocycles. The number of anilines is 1. The number of ether oxygens (including phenoxy) is 1. The van der Waals surface area contributed by atoms with Crippen molar-refractivity contribution in [2.75, 3.05) is 25.4 Å². The smallest absolute Gasteiger partial charge is 0.433 e. The largest absolute Gasteiger partial charge is 0.527 e. The normalized spacial score (nSPS) is 21.0. The third-order valence-corrected chi connectivity index (χ3v) is 5.87. The van der Waals surface area contributed by atoms with Gasteiger partial charge in [-0.2, -0.15) is 0 Å². The molecule has 10 heteroatoms. The first kappa shape index (κ1) is 25.5. The summed E-state index contributed by atoms with van der Waals surface area (Å²) in [5, 5.41) is 4.14. The lowest BCUT2D eigenvalue weighted by atomic mass is 10.0. The maximum absolute atomic E-state index is 13.5. The van der Waals surface area contributed by atoms with Crippen molar-refractivity contribution in [3.8, 4) is 0 Å². The lowest BCUT2D eigenvalue weighted by Crippen LogP contribution is -2.52. The summed E-state index contributed by atoms with van der Waals surface area (Å²) in [6.07, 6.45) is 0.0314. The Morgan fingerprint density at radius 3 is 2.41 bits per heavy atom. The number of carbonyl (C=O) groups is 4. The van der Waals surface area contributed by atoms with E-state index < -0.39 is 24.3 Å². The van der Waals surface area contributed by atoms with E-state index in [0.717, 1.165) is 0 Å². The van der Waals surface area contributed by atoms with Crippen molar-refractivity contribution in [1.29, 1.82) is 0 Å². The number of hydroxylamine groups is 2. The van der Waals surface area contributed by atoms with Gasteiger partial charge in [0.15, 0.2) is 5.78 Å². The molecule has 2 saturated heterocycles. The minimum atomic E-state index is -0.861. The van der Waals surface area contributed by atoms with Gasteiger partial charge in [-0.1, -0.05) is 27.7 Å². The zero-order chi connectivity index (χ0) is 25.0.